The molecule has 15 heteroatoms. The summed E-state index contributed by atoms with van der Waals surface area (Å²) in [5.41, 5.74) is -4.67. The lowest BCUT2D eigenvalue weighted by Gasteiger charge is -2.26. The van der Waals surface area contributed by atoms with Crippen molar-refractivity contribution < 1.29 is 56.2 Å². The van der Waals surface area contributed by atoms with Crippen molar-refractivity contribution in [2.45, 2.75) is 24.1 Å². The van der Waals surface area contributed by atoms with Crippen LogP contribution in [-0.4, -0.2) is 57.2 Å². The first kappa shape index (κ1) is 30.2. The van der Waals surface area contributed by atoms with Gasteiger partial charge in [0.1, 0.15) is 0 Å². The molecule has 39 heavy (non-hydrogen) atoms. The molecule has 2 rings (SSSR count). The molecule has 2 aromatic carbocycles. The number of nitro benzene ring substituents is 1. The van der Waals surface area contributed by atoms with Gasteiger partial charge in [0.2, 0.25) is 5.54 Å². The number of nitrogens with zero attached hydrogens (tertiary/aromatic N) is 1. The number of nitrogens with one attached hydrogen (secondary N) is 1. The Bertz CT molecular complexity index is 1350. The molecule has 0 unspecified atom stereocenters. The van der Waals surface area contributed by atoms with E-state index in [2.05, 4.69) is 23.2 Å². The van der Waals surface area contributed by atoms with Crippen LogP contribution in [0.1, 0.15) is 22.3 Å². The Hall–Kier alpha value is -5.00. The van der Waals surface area contributed by atoms with E-state index in [1.165, 1.54) is 0 Å². The first-order valence-corrected chi connectivity index (χ1v) is 10.4. The SMILES string of the molecule is C=C(C#Cc1ccccc1)CC(NC(=O)c1ccc([N+](=O)[O-])c(OCC(F)(F)C(F)(F)F)c1)(C(=O)O)C(=O)O. The van der Waals surface area contributed by atoms with E-state index in [1.807, 2.05) is 0 Å². The van der Waals surface area contributed by atoms with Crippen LogP contribution in [0.15, 0.2) is 60.7 Å². The predicted molar refractivity (Wildman–Crippen MR) is 122 cm³/mol. The second kappa shape index (κ2) is 11.6. The molecule has 0 aliphatic carbocycles. The average Bonchev–Trinajstić information content (AvgIpc) is 2.85. The van der Waals surface area contributed by atoms with Crippen LogP contribution >= 0.6 is 0 Å². The van der Waals surface area contributed by atoms with Gasteiger partial charge in [0.05, 0.1) is 4.92 Å². The van der Waals surface area contributed by atoms with Gasteiger partial charge in [-0.15, -0.1) is 0 Å². The molecule has 206 valence electrons. The number of aliphatic carboxylic acids is 2. The van der Waals surface area contributed by atoms with Crippen molar-refractivity contribution in [1.82, 2.24) is 5.32 Å². The average molecular weight is 556 g/mol. The van der Waals surface area contributed by atoms with E-state index < -0.39 is 70.4 Å². The van der Waals surface area contributed by atoms with Crippen LogP contribution in [0.4, 0.5) is 27.6 Å². The monoisotopic (exact) mass is 556 g/mol. The molecule has 0 bridgehead atoms. The number of rotatable bonds is 10. The second-order valence-corrected chi connectivity index (χ2v) is 7.80. The summed E-state index contributed by atoms with van der Waals surface area (Å²) >= 11 is 0. The molecule has 0 aromatic heterocycles. The minimum Gasteiger partial charge on any atom is -0.480 e. The fourth-order valence-corrected chi connectivity index (χ4v) is 2.88. The van der Waals surface area contributed by atoms with Crippen molar-refractivity contribution in [1.29, 1.82) is 0 Å². The number of alkyl halides is 5. The summed E-state index contributed by atoms with van der Waals surface area (Å²) in [6.45, 7) is 1.12. The molecule has 2 aromatic rings. The lowest BCUT2D eigenvalue weighted by Crippen LogP contribution is -2.60. The Balaban J connectivity index is 2.39. The maximum atomic E-state index is 13.3. The van der Waals surface area contributed by atoms with Crippen molar-refractivity contribution in [3.63, 3.8) is 0 Å². The van der Waals surface area contributed by atoms with Gasteiger partial charge in [-0.2, -0.15) is 22.0 Å². The van der Waals surface area contributed by atoms with E-state index in [1.54, 1.807) is 35.6 Å². The number of benzene rings is 2. The smallest absolute Gasteiger partial charge is 0.456 e. The molecule has 0 heterocycles. The third kappa shape index (κ3) is 7.28. The highest BCUT2D eigenvalue weighted by Crippen LogP contribution is 2.37. The summed E-state index contributed by atoms with van der Waals surface area (Å²) < 4.78 is 68.1. The third-order valence-electron chi connectivity index (χ3n) is 4.94. The van der Waals surface area contributed by atoms with Crippen LogP contribution in [0.5, 0.6) is 5.75 Å². The first-order valence-electron chi connectivity index (χ1n) is 10.4. The van der Waals surface area contributed by atoms with Crippen molar-refractivity contribution >= 4 is 23.5 Å². The van der Waals surface area contributed by atoms with E-state index in [9.17, 15) is 56.7 Å². The lowest BCUT2D eigenvalue weighted by atomic mass is 9.90. The van der Waals surface area contributed by atoms with Crippen LogP contribution in [0.25, 0.3) is 0 Å². The molecule has 0 aliphatic rings. The number of halogens is 5. The van der Waals surface area contributed by atoms with E-state index in [0.29, 0.717) is 23.8 Å². The van der Waals surface area contributed by atoms with Crippen LogP contribution in [0.3, 0.4) is 0 Å². The second-order valence-electron chi connectivity index (χ2n) is 7.80. The minimum atomic E-state index is -6.05. The largest absolute Gasteiger partial charge is 0.480 e. The summed E-state index contributed by atoms with van der Waals surface area (Å²) in [7, 11) is 0. The number of amides is 1. The molecule has 0 radical (unpaired) electrons. The molecule has 0 aliphatic heterocycles. The topological polar surface area (TPSA) is 156 Å². The molecule has 1 amide bonds. The highest BCUT2D eigenvalue weighted by atomic mass is 19.4. The fraction of sp³-hybridized carbons (Fsp3) is 0.208. The number of carbonyl (C=O) groups excluding carboxylic acids is 1. The Labute approximate surface area is 215 Å². The number of carboxylic acid groups (broad SMARTS) is 2. The lowest BCUT2D eigenvalue weighted by molar-refractivity contribution is -0.386. The number of carboxylic acids is 2. The van der Waals surface area contributed by atoms with Crippen molar-refractivity contribution in [3.05, 3.63) is 81.9 Å². The Morgan fingerprint density at radius 1 is 1.03 bits per heavy atom. The van der Waals surface area contributed by atoms with Crippen molar-refractivity contribution in [3.8, 4) is 17.6 Å². The molecular formula is C24H17F5N2O8. The van der Waals surface area contributed by atoms with E-state index in [0.717, 1.165) is 0 Å². The van der Waals surface area contributed by atoms with E-state index >= 15 is 0 Å². The zero-order valence-corrected chi connectivity index (χ0v) is 19.4. The van der Waals surface area contributed by atoms with Gasteiger partial charge >= 0.3 is 29.7 Å². The highest BCUT2D eigenvalue weighted by molar-refractivity contribution is 6.09. The Morgan fingerprint density at radius 3 is 2.13 bits per heavy atom. The number of ether oxygens (including phenoxy) is 1. The van der Waals surface area contributed by atoms with E-state index in [-0.39, 0.29) is 5.57 Å². The van der Waals surface area contributed by atoms with Crippen LogP contribution in [0.2, 0.25) is 0 Å². The minimum absolute atomic E-state index is 0.231. The van der Waals surface area contributed by atoms with Gasteiger partial charge < -0.3 is 20.3 Å². The van der Waals surface area contributed by atoms with Gasteiger partial charge in [-0.3, -0.25) is 14.9 Å². The van der Waals surface area contributed by atoms with Gasteiger partial charge in [0.15, 0.2) is 12.4 Å². The third-order valence-corrected chi connectivity index (χ3v) is 4.94. The van der Waals surface area contributed by atoms with Crippen molar-refractivity contribution in [2.24, 2.45) is 0 Å². The number of hydrogen-bond acceptors (Lipinski definition) is 6. The standard InChI is InChI=1S/C24H17F5N2O8/c1-14(7-8-15-5-3-2-4-6-15)12-22(20(33)34,21(35)36)30-19(32)16-9-10-17(31(37)38)18(11-16)39-13-23(25,26)24(27,28)29/h2-6,9-11H,1,12-13H2,(H,30,32)(H,33,34)(H,35,36). The summed E-state index contributed by atoms with van der Waals surface area (Å²) in [5.74, 6) is -7.13. The molecule has 0 fully saturated rings. The van der Waals surface area contributed by atoms with Crippen LogP contribution in [0, 0.1) is 22.0 Å². The summed E-state index contributed by atoms with van der Waals surface area (Å²) in [5, 5.41) is 32.2. The van der Waals surface area contributed by atoms with Gasteiger partial charge in [-0.25, -0.2) is 9.59 Å². The number of carbonyl (C=O) groups is 3. The van der Waals surface area contributed by atoms with Crippen molar-refractivity contribution in [2.75, 3.05) is 6.61 Å². The van der Waals surface area contributed by atoms with Gasteiger partial charge in [0, 0.05) is 29.7 Å². The molecule has 0 spiro atoms. The molecule has 10 nitrogen and oxygen atoms in total. The molecule has 0 saturated heterocycles. The molecule has 3 N–H and O–H groups in total. The summed E-state index contributed by atoms with van der Waals surface area (Å²) in [6.07, 6.45) is -7.00. The number of nitro groups is 1. The summed E-state index contributed by atoms with van der Waals surface area (Å²) in [4.78, 5) is 46.7. The Morgan fingerprint density at radius 2 is 1.62 bits per heavy atom. The van der Waals surface area contributed by atoms with E-state index in [4.69, 9.17) is 0 Å². The fourth-order valence-electron chi connectivity index (χ4n) is 2.88. The maximum absolute atomic E-state index is 13.3. The zero-order valence-electron chi connectivity index (χ0n) is 19.4. The Kier molecular flexibility index (Phi) is 8.98. The molecule has 0 atom stereocenters. The highest BCUT2D eigenvalue weighted by Gasteiger charge is 2.58. The zero-order chi connectivity index (χ0) is 29.6. The maximum Gasteiger partial charge on any atom is 0.456 e. The van der Waals surface area contributed by atoms with Crippen LogP contribution < -0.4 is 10.1 Å². The first-order chi connectivity index (χ1) is 18.0. The van der Waals surface area contributed by atoms with Gasteiger partial charge in [0.25, 0.3) is 5.91 Å². The predicted octanol–water partition coefficient (Wildman–Crippen LogP) is 3.81. The molecular weight excluding hydrogens is 539 g/mol. The molecule has 0 saturated carbocycles. The quantitative estimate of drug-likeness (QED) is 0.131. The van der Waals surface area contributed by atoms with Gasteiger partial charge in [-0.05, 0) is 23.8 Å². The van der Waals surface area contributed by atoms with Crippen LogP contribution in [-0.2, 0) is 9.59 Å². The normalized spacial score (nSPS) is 11.5. The summed E-state index contributed by atoms with van der Waals surface area (Å²) in [6, 6.07) is 9.79. The number of hydrogen-bond donors (Lipinski definition) is 3. The van der Waals surface area contributed by atoms with Gasteiger partial charge in [-0.1, -0.05) is 36.6 Å².